The van der Waals surface area contributed by atoms with E-state index in [-0.39, 0.29) is 18.3 Å². The van der Waals surface area contributed by atoms with Crippen molar-refractivity contribution < 1.29 is 22.8 Å². The third-order valence-electron chi connectivity index (χ3n) is 5.14. The van der Waals surface area contributed by atoms with Crippen molar-refractivity contribution in [3.05, 3.63) is 65.0 Å². The smallest absolute Gasteiger partial charge is 0.222 e. The topological polar surface area (TPSA) is 63.4 Å². The lowest BCUT2D eigenvalue weighted by molar-refractivity contribution is -0.132. The molecular weight excluding hydrogens is 405 g/mol. The Labute approximate surface area is 173 Å². The summed E-state index contributed by atoms with van der Waals surface area (Å²) in [4.78, 5) is 26.5. The van der Waals surface area contributed by atoms with Crippen LogP contribution in [0.4, 0.5) is 18.9 Å². The van der Waals surface area contributed by atoms with Gasteiger partial charge in [0.15, 0.2) is 5.78 Å². The Morgan fingerprint density at radius 1 is 1.03 bits per heavy atom. The molecular formula is C21H22ClF3N2O2. The summed E-state index contributed by atoms with van der Waals surface area (Å²) >= 11 is 0. The maximum atomic E-state index is 13.8. The standard InChI is InChI=1S/C21H21F3N2O2.ClH/c22-15-11-16(23)20(17(24)12-15)21(28)14-7-9-26(10-8-14)19(27)6-5-13-3-1-2-4-18(13)25;/h1-4,11-12,14H,5-10,25H2;1H. The first-order chi connectivity index (χ1) is 13.4. The highest BCUT2D eigenvalue weighted by Gasteiger charge is 2.31. The molecule has 1 aliphatic heterocycles. The van der Waals surface area contributed by atoms with E-state index in [9.17, 15) is 22.8 Å². The van der Waals surface area contributed by atoms with Crippen LogP contribution in [0.15, 0.2) is 36.4 Å². The molecule has 0 saturated carbocycles. The SMILES string of the molecule is Cl.Nc1ccccc1CCC(=O)N1CCC(C(=O)c2c(F)cc(F)cc2F)CC1. The van der Waals surface area contributed by atoms with Crippen LogP contribution in [0, 0.1) is 23.4 Å². The van der Waals surface area contributed by atoms with Crippen molar-refractivity contribution >= 4 is 29.8 Å². The minimum atomic E-state index is -1.19. The summed E-state index contributed by atoms with van der Waals surface area (Å²) in [7, 11) is 0. The van der Waals surface area contributed by atoms with E-state index in [0.29, 0.717) is 56.6 Å². The number of piperidine rings is 1. The normalized spacial score (nSPS) is 14.4. The van der Waals surface area contributed by atoms with E-state index in [1.807, 2.05) is 18.2 Å². The largest absolute Gasteiger partial charge is 0.399 e. The molecule has 1 saturated heterocycles. The molecule has 0 atom stereocenters. The Hall–Kier alpha value is -2.54. The van der Waals surface area contributed by atoms with Gasteiger partial charge in [-0.2, -0.15) is 0 Å². The maximum Gasteiger partial charge on any atom is 0.222 e. The molecule has 0 aliphatic carbocycles. The molecule has 1 aliphatic rings. The lowest BCUT2D eigenvalue weighted by Gasteiger charge is -2.31. The van der Waals surface area contributed by atoms with Gasteiger partial charge < -0.3 is 10.6 Å². The summed E-state index contributed by atoms with van der Waals surface area (Å²) < 4.78 is 40.7. The van der Waals surface area contributed by atoms with Crippen LogP contribution in [0.1, 0.15) is 35.2 Å². The van der Waals surface area contributed by atoms with Crippen LogP contribution in [0.3, 0.4) is 0 Å². The second-order valence-electron chi connectivity index (χ2n) is 6.96. The Kier molecular flexibility index (Phi) is 7.67. The molecule has 1 amide bonds. The van der Waals surface area contributed by atoms with Crippen molar-refractivity contribution in [3.63, 3.8) is 0 Å². The molecule has 0 bridgehead atoms. The van der Waals surface area contributed by atoms with Crippen LogP contribution in [0.25, 0.3) is 0 Å². The zero-order valence-electron chi connectivity index (χ0n) is 15.7. The monoisotopic (exact) mass is 426 g/mol. The molecule has 4 nitrogen and oxygen atoms in total. The second-order valence-corrected chi connectivity index (χ2v) is 6.96. The molecule has 8 heteroatoms. The van der Waals surface area contributed by atoms with E-state index in [2.05, 4.69) is 0 Å². The van der Waals surface area contributed by atoms with Crippen molar-refractivity contribution in [1.29, 1.82) is 0 Å². The fraction of sp³-hybridized carbons (Fsp3) is 0.333. The summed E-state index contributed by atoms with van der Waals surface area (Å²) in [6.07, 6.45) is 1.45. The molecule has 2 N–H and O–H groups in total. The van der Waals surface area contributed by atoms with Crippen molar-refractivity contribution in [3.8, 4) is 0 Å². The van der Waals surface area contributed by atoms with E-state index >= 15 is 0 Å². The van der Waals surface area contributed by atoms with Crippen molar-refractivity contribution in [1.82, 2.24) is 4.90 Å². The fourth-order valence-corrected chi connectivity index (χ4v) is 3.53. The lowest BCUT2D eigenvalue weighted by atomic mass is 9.88. The number of nitrogens with two attached hydrogens (primary N) is 1. The van der Waals surface area contributed by atoms with E-state index in [4.69, 9.17) is 5.73 Å². The fourth-order valence-electron chi connectivity index (χ4n) is 3.53. The van der Waals surface area contributed by atoms with Gasteiger partial charge in [0.25, 0.3) is 0 Å². The number of ketones is 1. The minimum absolute atomic E-state index is 0. The van der Waals surface area contributed by atoms with Gasteiger partial charge in [-0.25, -0.2) is 13.2 Å². The predicted octanol–water partition coefficient (Wildman–Crippen LogP) is 4.16. The highest BCUT2D eigenvalue weighted by atomic mass is 35.5. The van der Waals surface area contributed by atoms with Gasteiger partial charge in [0.05, 0.1) is 5.56 Å². The summed E-state index contributed by atoms with van der Waals surface area (Å²) in [5, 5.41) is 0. The van der Waals surface area contributed by atoms with E-state index in [0.717, 1.165) is 5.56 Å². The van der Waals surface area contributed by atoms with Gasteiger partial charge in [0, 0.05) is 43.2 Å². The first-order valence-corrected chi connectivity index (χ1v) is 9.16. The van der Waals surface area contributed by atoms with Crippen LogP contribution in [-0.4, -0.2) is 29.7 Å². The lowest BCUT2D eigenvalue weighted by Crippen LogP contribution is -2.40. The van der Waals surface area contributed by atoms with E-state index < -0.39 is 34.7 Å². The maximum absolute atomic E-state index is 13.8. The molecule has 3 rings (SSSR count). The molecule has 0 unspecified atom stereocenters. The van der Waals surface area contributed by atoms with Gasteiger partial charge in [0.2, 0.25) is 5.91 Å². The number of likely N-dealkylation sites (tertiary alicyclic amines) is 1. The van der Waals surface area contributed by atoms with Crippen LogP contribution >= 0.6 is 12.4 Å². The summed E-state index contributed by atoms with van der Waals surface area (Å²) in [6.45, 7) is 0.674. The Morgan fingerprint density at radius 2 is 1.62 bits per heavy atom. The first-order valence-electron chi connectivity index (χ1n) is 9.16. The molecule has 29 heavy (non-hydrogen) atoms. The Balaban J connectivity index is 0.00000300. The van der Waals surface area contributed by atoms with Crippen LogP contribution in [0.2, 0.25) is 0 Å². The molecule has 156 valence electrons. The predicted molar refractivity (Wildman–Crippen MR) is 106 cm³/mol. The van der Waals surface area contributed by atoms with E-state index in [1.165, 1.54) is 0 Å². The number of carbonyl (C=O) groups excluding carboxylic acids is 2. The molecule has 0 spiro atoms. The number of amides is 1. The van der Waals surface area contributed by atoms with Crippen molar-refractivity contribution in [2.24, 2.45) is 5.92 Å². The minimum Gasteiger partial charge on any atom is -0.399 e. The molecule has 2 aromatic rings. The highest BCUT2D eigenvalue weighted by Crippen LogP contribution is 2.26. The average molecular weight is 427 g/mol. The number of para-hydroxylation sites is 1. The third kappa shape index (κ3) is 5.29. The van der Waals surface area contributed by atoms with Gasteiger partial charge in [-0.1, -0.05) is 18.2 Å². The number of halogens is 4. The van der Waals surface area contributed by atoms with Crippen LogP contribution in [-0.2, 0) is 11.2 Å². The summed E-state index contributed by atoms with van der Waals surface area (Å²) in [5.74, 6) is -4.77. The number of nitrogens with zero attached hydrogens (tertiary/aromatic N) is 1. The molecule has 0 aromatic heterocycles. The third-order valence-corrected chi connectivity index (χ3v) is 5.14. The number of carbonyl (C=O) groups is 2. The van der Waals surface area contributed by atoms with Gasteiger partial charge in [-0.15, -0.1) is 12.4 Å². The van der Waals surface area contributed by atoms with Gasteiger partial charge in [-0.3, -0.25) is 9.59 Å². The summed E-state index contributed by atoms with van der Waals surface area (Å²) in [5.41, 5.74) is 6.72. The quantitative estimate of drug-likeness (QED) is 0.576. The van der Waals surface area contributed by atoms with Crippen LogP contribution in [0.5, 0.6) is 0 Å². The number of rotatable bonds is 5. The number of Topliss-reactive ketones (excluding diaryl/α,β-unsaturated/α-hetero) is 1. The number of hydrogen-bond acceptors (Lipinski definition) is 3. The molecule has 2 aromatic carbocycles. The van der Waals surface area contributed by atoms with Gasteiger partial charge >= 0.3 is 0 Å². The van der Waals surface area contributed by atoms with E-state index in [1.54, 1.807) is 11.0 Å². The number of benzene rings is 2. The van der Waals surface area contributed by atoms with Crippen molar-refractivity contribution in [2.45, 2.75) is 25.7 Å². The number of hydrogen-bond donors (Lipinski definition) is 1. The number of nitrogen functional groups attached to an aromatic ring is 1. The van der Waals surface area contributed by atoms with Crippen LogP contribution < -0.4 is 5.73 Å². The zero-order valence-corrected chi connectivity index (χ0v) is 16.5. The number of aryl methyl sites for hydroxylation is 1. The van der Waals surface area contributed by atoms with Gasteiger partial charge in [-0.05, 0) is 30.9 Å². The van der Waals surface area contributed by atoms with Gasteiger partial charge in [0.1, 0.15) is 17.5 Å². The zero-order chi connectivity index (χ0) is 20.3. The Morgan fingerprint density at radius 3 is 2.21 bits per heavy atom. The second kappa shape index (κ2) is 9.78. The average Bonchev–Trinajstić information content (AvgIpc) is 2.66. The molecule has 0 radical (unpaired) electrons. The molecule has 1 heterocycles. The Bertz CT molecular complexity index is 876. The first kappa shape index (κ1) is 22.7. The molecule has 1 fully saturated rings. The highest BCUT2D eigenvalue weighted by molar-refractivity contribution is 5.98. The number of anilines is 1. The summed E-state index contributed by atoms with van der Waals surface area (Å²) in [6, 6.07) is 8.36. The van der Waals surface area contributed by atoms with Crippen molar-refractivity contribution in [2.75, 3.05) is 18.8 Å².